The van der Waals surface area contributed by atoms with Crippen molar-refractivity contribution in [3.63, 3.8) is 0 Å². The number of carbonyl (C=O) groups excluding carboxylic acids is 2. The topological polar surface area (TPSA) is 81.7 Å². The Morgan fingerprint density at radius 1 is 0.811 bits per heavy atom. The maximum atomic E-state index is 13.3. The highest BCUT2D eigenvalue weighted by Gasteiger charge is 2.23. The van der Waals surface area contributed by atoms with Crippen LogP contribution in [0, 0.1) is 0 Å². The molecule has 2 atom stereocenters. The summed E-state index contributed by atoms with van der Waals surface area (Å²) in [6.45, 7) is 6.42. The Labute approximate surface area is 220 Å². The molecular weight excluding hydrogens is 462 g/mol. The SMILES string of the molecule is CCCN(CCC)C(=O)c1cccc(C(=O)N[C@@H](Cc2ccccc2)[C@H](O)CNCc2ccccc2)c1. The van der Waals surface area contributed by atoms with Crippen molar-refractivity contribution in [2.45, 2.75) is 51.8 Å². The standard InChI is InChI=1S/C31H39N3O3/c1-3-18-34(19-4-2)31(37)27-17-11-16-26(21-27)30(36)33-28(20-24-12-7-5-8-13-24)29(35)23-32-22-25-14-9-6-10-15-25/h5-17,21,28-29,32,35H,3-4,18-20,22-23H2,1-2H3,(H,33,36)/t28-,29+/m0/s1. The van der Waals surface area contributed by atoms with Crippen molar-refractivity contribution in [3.8, 4) is 0 Å². The van der Waals surface area contributed by atoms with E-state index in [4.69, 9.17) is 0 Å². The molecule has 0 spiro atoms. The maximum absolute atomic E-state index is 13.3. The largest absolute Gasteiger partial charge is 0.390 e. The summed E-state index contributed by atoms with van der Waals surface area (Å²) in [5, 5.41) is 17.4. The summed E-state index contributed by atoms with van der Waals surface area (Å²) in [6.07, 6.45) is 1.44. The molecule has 0 bridgehead atoms. The molecular formula is C31H39N3O3. The van der Waals surface area contributed by atoms with Crippen LogP contribution in [-0.4, -0.2) is 53.6 Å². The van der Waals surface area contributed by atoms with Crippen LogP contribution in [0.25, 0.3) is 0 Å². The van der Waals surface area contributed by atoms with Crippen LogP contribution < -0.4 is 10.6 Å². The first-order valence-corrected chi connectivity index (χ1v) is 13.2. The quantitative estimate of drug-likeness (QED) is 0.305. The van der Waals surface area contributed by atoms with Crippen LogP contribution in [0.3, 0.4) is 0 Å². The van der Waals surface area contributed by atoms with E-state index < -0.39 is 12.1 Å². The fourth-order valence-electron chi connectivity index (χ4n) is 4.34. The first-order valence-electron chi connectivity index (χ1n) is 13.2. The lowest BCUT2D eigenvalue weighted by atomic mass is 10.00. The van der Waals surface area contributed by atoms with Gasteiger partial charge in [0.25, 0.3) is 11.8 Å². The van der Waals surface area contributed by atoms with Gasteiger partial charge in [0.05, 0.1) is 12.1 Å². The zero-order valence-electron chi connectivity index (χ0n) is 21.9. The smallest absolute Gasteiger partial charge is 0.253 e. The van der Waals surface area contributed by atoms with Crippen LogP contribution in [0.1, 0.15) is 58.5 Å². The molecule has 3 rings (SSSR count). The second-order valence-electron chi connectivity index (χ2n) is 9.33. The third kappa shape index (κ3) is 8.85. The highest BCUT2D eigenvalue weighted by Crippen LogP contribution is 2.12. The average molecular weight is 502 g/mol. The maximum Gasteiger partial charge on any atom is 0.253 e. The molecule has 3 N–H and O–H groups in total. The fourth-order valence-corrected chi connectivity index (χ4v) is 4.34. The van der Waals surface area contributed by atoms with Crippen LogP contribution in [0.2, 0.25) is 0 Å². The van der Waals surface area contributed by atoms with Gasteiger partial charge in [0, 0.05) is 37.3 Å². The van der Waals surface area contributed by atoms with Gasteiger partial charge in [-0.15, -0.1) is 0 Å². The van der Waals surface area contributed by atoms with Crippen molar-refractivity contribution < 1.29 is 14.7 Å². The van der Waals surface area contributed by atoms with Crippen LogP contribution in [-0.2, 0) is 13.0 Å². The summed E-state index contributed by atoms with van der Waals surface area (Å²) in [6, 6.07) is 26.1. The third-order valence-corrected chi connectivity index (χ3v) is 6.25. The number of benzene rings is 3. The Balaban J connectivity index is 1.71. The number of nitrogens with zero attached hydrogens (tertiary/aromatic N) is 1. The average Bonchev–Trinajstić information content (AvgIpc) is 2.93. The molecule has 0 aliphatic rings. The normalized spacial score (nSPS) is 12.5. The van der Waals surface area contributed by atoms with E-state index in [1.807, 2.05) is 79.4 Å². The molecule has 0 aromatic heterocycles. The van der Waals surface area contributed by atoms with E-state index >= 15 is 0 Å². The number of rotatable bonds is 14. The number of aliphatic hydroxyl groups excluding tert-OH is 1. The molecule has 6 heteroatoms. The van der Waals surface area contributed by atoms with Gasteiger partial charge in [-0.2, -0.15) is 0 Å². The van der Waals surface area contributed by atoms with E-state index in [9.17, 15) is 14.7 Å². The summed E-state index contributed by atoms with van der Waals surface area (Å²) in [7, 11) is 0. The van der Waals surface area contributed by atoms with Gasteiger partial charge in [0.1, 0.15) is 0 Å². The van der Waals surface area contributed by atoms with Gasteiger partial charge < -0.3 is 20.6 Å². The molecule has 2 amide bonds. The van der Waals surface area contributed by atoms with E-state index in [1.165, 1.54) is 0 Å². The molecule has 0 heterocycles. The number of nitrogens with one attached hydrogen (secondary N) is 2. The Morgan fingerprint density at radius 2 is 1.41 bits per heavy atom. The highest BCUT2D eigenvalue weighted by atomic mass is 16.3. The van der Waals surface area contributed by atoms with Crippen molar-refractivity contribution in [1.82, 2.24) is 15.5 Å². The minimum absolute atomic E-state index is 0.0654. The van der Waals surface area contributed by atoms with Gasteiger partial charge in [-0.1, -0.05) is 80.6 Å². The third-order valence-electron chi connectivity index (χ3n) is 6.25. The first kappa shape index (κ1) is 28.1. The minimum Gasteiger partial charge on any atom is -0.390 e. The number of hydrogen-bond acceptors (Lipinski definition) is 4. The zero-order valence-corrected chi connectivity index (χ0v) is 21.9. The lowest BCUT2D eigenvalue weighted by Crippen LogP contribution is -2.48. The van der Waals surface area contributed by atoms with Crippen molar-refractivity contribution in [3.05, 3.63) is 107 Å². The number of carbonyl (C=O) groups is 2. The van der Waals surface area contributed by atoms with E-state index in [0.717, 1.165) is 24.0 Å². The molecule has 3 aromatic carbocycles. The number of hydrogen-bond donors (Lipinski definition) is 3. The van der Waals surface area contributed by atoms with Crippen LogP contribution >= 0.6 is 0 Å². The van der Waals surface area contributed by atoms with Gasteiger partial charge in [-0.3, -0.25) is 9.59 Å². The lowest BCUT2D eigenvalue weighted by molar-refractivity contribution is 0.0755. The molecule has 3 aromatic rings. The lowest BCUT2D eigenvalue weighted by Gasteiger charge is -2.25. The molecule has 0 radical (unpaired) electrons. The van der Waals surface area contributed by atoms with Gasteiger partial charge in [-0.05, 0) is 48.6 Å². The Morgan fingerprint density at radius 3 is 2.03 bits per heavy atom. The van der Waals surface area contributed by atoms with Crippen LogP contribution in [0.15, 0.2) is 84.9 Å². The van der Waals surface area contributed by atoms with Crippen molar-refractivity contribution in [2.24, 2.45) is 0 Å². The fraction of sp³-hybridized carbons (Fsp3) is 0.355. The predicted octanol–water partition coefficient (Wildman–Crippen LogP) is 4.44. The van der Waals surface area contributed by atoms with E-state index in [-0.39, 0.29) is 11.8 Å². The summed E-state index contributed by atoms with van der Waals surface area (Å²) >= 11 is 0. The molecule has 6 nitrogen and oxygen atoms in total. The summed E-state index contributed by atoms with van der Waals surface area (Å²) in [5.74, 6) is -0.375. The molecule has 37 heavy (non-hydrogen) atoms. The summed E-state index contributed by atoms with van der Waals surface area (Å²) in [4.78, 5) is 28.2. The van der Waals surface area contributed by atoms with E-state index in [1.54, 1.807) is 24.3 Å². The summed E-state index contributed by atoms with van der Waals surface area (Å²) in [5.41, 5.74) is 3.05. The van der Waals surface area contributed by atoms with Crippen molar-refractivity contribution in [2.75, 3.05) is 19.6 Å². The molecule has 0 saturated carbocycles. The number of aliphatic hydroxyl groups is 1. The van der Waals surface area contributed by atoms with Gasteiger partial charge in [0.2, 0.25) is 0 Å². The predicted molar refractivity (Wildman–Crippen MR) is 148 cm³/mol. The Hall–Kier alpha value is -3.48. The second kappa shape index (κ2) is 14.9. The molecule has 0 aliphatic carbocycles. The molecule has 0 aliphatic heterocycles. The highest BCUT2D eigenvalue weighted by molar-refractivity contribution is 5.99. The van der Waals surface area contributed by atoms with Gasteiger partial charge in [-0.25, -0.2) is 0 Å². The Kier molecular flexibility index (Phi) is 11.3. The Bertz CT molecular complexity index is 1100. The van der Waals surface area contributed by atoms with Crippen molar-refractivity contribution >= 4 is 11.8 Å². The van der Waals surface area contributed by atoms with Gasteiger partial charge >= 0.3 is 0 Å². The molecule has 0 fully saturated rings. The van der Waals surface area contributed by atoms with Crippen molar-refractivity contribution in [1.29, 1.82) is 0 Å². The monoisotopic (exact) mass is 501 g/mol. The summed E-state index contributed by atoms with van der Waals surface area (Å²) < 4.78 is 0. The second-order valence-corrected chi connectivity index (χ2v) is 9.33. The minimum atomic E-state index is -0.803. The molecule has 0 unspecified atom stereocenters. The van der Waals surface area contributed by atoms with Crippen LogP contribution in [0.4, 0.5) is 0 Å². The molecule has 0 saturated heterocycles. The van der Waals surface area contributed by atoms with Crippen LogP contribution in [0.5, 0.6) is 0 Å². The number of amides is 2. The van der Waals surface area contributed by atoms with E-state index in [0.29, 0.717) is 43.7 Å². The van der Waals surface area contributed by atoms with Gasteiger partial charge in [0.15, 0.2) is 0 Å². The first-order chi connectivity index (χ1) is 18.0. The zero-order chi connectivity index (χ0) is 26.5. The van der Waals surface area contributed by atoms with E-state index in [2.05, 4.69) is 10.6 Å². The molecule has 196 valence electrons.